The molecule has 6 heavy (non-hydrogen) atoms. The quantitative estimate of drug-likeness (QED) is 0.286. The lowest BCUT2D eigenvalue weighted by atomic mass is 10.8. The normalized spacial score (nSPS) is 4.83. The molecular formula is C3H4N2O. The minimum Gasteiger partial charge on any atom is -0.284 e. The van der Waals surface area contributed by atoms with Gasteiger partial charge in [0.2, 0.25) is 0 Å². The summed E-state index contributed by atoms with van der Waals surface area (Å²) in [6.07, 6.45) is 2.09. The molecule has 32 valence electrons. The van der Waals surface area contributed by atoms with E-state index in [2.05, 4.69) is 22.1 Å². The highest BCUT2D eigenvalue weighted by molar-refractivity contribution is 4.84. The van der Waals surface area contributed by atoms with E-state index in [-0.39, 0.29) is 0 Å². The van der Waals surface area contributed by atoms with Gasteiger partial charge < -0.3 is 0 Å². The van der Waals surface area contributed by atoms with E-state index in [4.69, 9.17) is 5.53 Å². The molecule has 0 spiro atoms. The Morgan fingerprint density at radius 1 is 1.83 bits per heavy atom. The van der Waals surface area contributed by atoms with Gasteiger partial charge in [-0.1, -0.05) is 5.92 Å². The second-order valence-corrected chi connectivity index (χ2v) is 0.535. The molecule has 0 saturated carbocycles. The largest absolute Gasteiger partial charge is 0.284 e. The predicted octanol–water partition coefficient (Wildman–Crippen LogP) is 0.930. The minimum atomic E-state index is 1.60. The van der Waals surface area contributed by atoms with Crippen LogP contribution >= 0.6 is 0 Å². The van der Waals surface area contributed by atoms with Crippen molar-refractivity contribution in [2.24, 2.45) is 5.28 Å². The van der Waals surface area contributed by atoms with Crippen LogP contribution in [0.5, 0.6) is 0 Å². The first kappa shape index (κ1) is 4.96. The number of hydrogen-bond acceptors (Lipinski definition) is 3. The highest BCUT2D eigenvalue weighted by Crippen LogP contribution is 1.62. The summed E-state index contributed by atoms with van der Waals surface area (Å²) < 4.78 is 0. The van der Waals surface area contributed by atoms with Crippen LogP contribution in [0.1, 0.15) is 6.92 Å². The van der Waals surface area contributed by atoms with Gasteiger partial charge in [-0.15, -0.1) is 0 Å². The fourth-order valence-electron chi connectivity index (χ4n) is 0.0685. The topological polar surface area (TPSA) is 45.4 Å². The molecule has 3 nitrogen and oxygen atoms in total. The first-order chi connectivity index (χ1) is 2.91. The van der Waals surface area contributed by atoms with Crippen LogP contribution in [0.4, 0.5) is 0 Å². The van der Waals surface area contributed by atoms with Gasteiger partial charge in [0.1, 0.15) is 0 Å². The van der Waals surface area contributed by atoms with Crippen LogP contribution < -0.4 is 0 Å². The first-order valence-electron chi connectivity index (χ1n) is 1.36. The predicted molar refractivity (Wildman–Crippen MR) is 19.7 cm³/mol. The van der Waals surface area contributed by atoms with E-state index < -0.39 is 0 Å². The number of nitrogens with zero attached hydrogens (tertiary/aromatic N) is 1. The maximum atomic E-state index is 6.01. The van der Waals surface area contributed by atoms with Gasteiger partial charge in [-0.2, -0.15) is 5.53 Å². The van der Waals surface area contributed by atoms with Gasteiger partial charge in [0, 0.05) is 12.2 Å². The van der Waals surface area contributed by atoms with Crippen LogP contribution in [0.2, 0.25) is 0 Å². The molecule has 0 aliphatic rings. The Morgan fingerprint density at radius 3 is 2.67 bits per heavy atom. The fourth-order valence-corrected chi connectivity index (χ4v) is 0.0685. The summed E-state index contributed by atoms with van der Waals surface area (Å²) in [5.74, 6) is 2.38. The molecule has 1 N–H and O–H groups in total. The molecule has 0 aromatic carbocycles. The molecule has 0 saturated heterocycles. The van der Waals surface area contributed by atoms with Crippen LogP contribution in [-0.4, -0.2) is 0 Å². The molecule has 0 aliphatic heterocycles. The summed E-state index contributed by atoms with van der Waals surface area (Å²) in [6, 6.07) is 0. The second-order valence-electron chi connectivity index (χ2n) is 0.535. The van der Waals surface area contributed by atoms with Crippen LogP contribution in [0.25, 0.3) is 0 Å². The average molecular weight is 84.1 g/mol. The molecular weight excluding hydrogens is 80.0 g/mol. The molecule has 0 aromatic heterocycles. The summed E-state index contributed by atoms with van der Waals surface area (Å²) >= 11 is 0. The van der Waals surface area contributed by atoms with Gasteiger partial charge in [-0.05, 0) is 0 Å². The van der Waals surface area contributed by atoms with Crippen molar-refractivity contribution < 1.29 is 4.84 Å². The third-order valence-corrected chi connectivity index (χ3v) is 0.193. The molecule has 0 rings (SSSR count). The summed E-state index contributed by atoms with van der Waals surface area (Å²) in [5, 5.41) is 2.50. The van der Waals surface area contributed by atoms with Gasteiger partial charge >= 0.3 is 0 Å². The van der Waals surface area contributed by atoms with Crippen molar-refractivity contribution in [2.75, 3.05) is 0 Å². The third kappa shape index (κ3) is 2.96. The van der Waals surface area contributed by atoms with E-state index in [1.165, 1.54) is 0 Å². The molecule has 0 amide bonds. The van der Waals surface area contributed by atoms with Crippen LogP contribution in [0, 0.1) is 17.6 Å². The second kappa shape index (κ2) is 3.96. The summed E-state index contributed by atoms with van der Waals surface area (Å²) in [6.45, 7) is 1.60. The molecule has 0 bridgehead atoms. The van der Waals surface area contributed by atoms with Crippen molar-refractivity contribution in [3.05, 3.63) is 0 Å². The lowest BCUT2D eigenvalue weighted by Crippen LogP contribution is -1.57. The van der Waals surface area contributed by atoms with E-state index in [1.807, 2.05) is 0 Å². The fraction of sp³-hybridized carbons (Fsp3) is 0.333. The smallest absolute Gasteiger partial charge is 0.150 e. The monoisotopic (exact) mass is 84.0 g/mol. The number of hydrogen-bond donors (Lipinski definition) is 1. The van der Waals surface area contributed by atoms with Crippen LogP contribution in [-0.2, 0) is 4.84 Å². The number of rotatable bonds is 1. The molecule has 0 heterocycles. The zero-order valence-corrected chi connectivity index (χ0v) is 3.36. The lowest BCUT2D eigenvalue weighted by molar-refractivity contribution is 0.258. The summed E-state index contributed by atoms with van der Waals surface area (Å²) in [7, 11) is 0. The Labute approximate surface area is 35.8 Å². The van der Waals surface area contributed by atoms with E-state index in [0.717, 1.165) is 0 Å². The maximum Gasteiger partial charge on any atom is 0.150 e. The van der Waals surface area contributed by atoms with Gasteiger partial charge in [0.05, 0.1) is 0 Å². The maximum absolute atomic E-state index is 6.01. The Bertz CT molecular complexity index is 88.7. The highest BCUT2D eigenvalue weighted by atomic mass is 16.6. The Kier molecular flexibility index (Phi) is 3.27. The summed E-state index contributed by atoms with van der Waals surface area (Å²) in [5.41, 5.74) is 6.01. The molecule has 0 atom stereocenters. The van der Waals surface area contributed by atoms with Crippen molar-refractivity contribution in [2.45, 2.75) is 6.92 Å². The van der Waals surface area contributed by atoms with Crippen LogP contribution in [0.3, 0.4) is 0 Å². The van der Waals surface area contributed by atoms with E-state index >= 15 is 0 Å². The molecule has 0 aliphatic carbocycles. The van der Waals surface area contributed by atoms with E-state index in [0.29, 0.717) is 0 Å². The van der Waals surface area contributed by atoms with Gasteiger partial charge in [0.15, 0.2) is 6.11 Å². The van der Waals surface area contributed by atoms with Crippen molar-refractivity contribution in [1.82, 2.24) is 0 Å². The SMILES string of the molecule is CC#CON=N. The lowest BCUT2D eigenvalue weighted by Gasteiger charge is -1.68. The average Bonchev–Trinajstić information content (AvgIpc) is 1.61. The molecule has 0 aromatic rings. The third-order valence-electron chi connectivity index (χ3n) is 0.193. The number of nitrogens with one attached hydrogen (secondary N) is 1. The van der Waals surface area contributed by atoms with Crippen molar-refractivity contribution in [3.8, 4) is 12.0 Å². The molecule has 3 heteroatoms. The van der Waals surface area contributed by atoms with Crippen molar-refractivity contribution in [1.29, 1.82) is 5.53 Å². The highest BCUT2D eigenvalue weighted by Gasteiger charge is 1.53. The minimum absolute atomic E-state index is 1.60. The Balaban J connectivity index is 3.00. The zero-order valence-electron chi connectivity index (χ0n) is 3.36. The van der Waals surface area contributed by atoms with E-state index in [9.17, 15) is 0 Å². The molecule has 0 radical (unpaired) electrons. The van der Waals surface area contributed by atoms with Crippen LogP contribution in [0.15, 0.2) is 5.28 Å². The summed E-state index contributed by atoms with van der Waals surface area (Å²) in [4.78, 5) is 3.91. The van der Waals surface area contributed by atoms with Crippen molar-refractivity contribution in [3.63, 3.8) is 0 Å². The standard InChI is InChI=1S/C3H4N2O/c1-2-3-6-5-4/h4H,1H3. The Morgan fingerprint density at radius 2 is 2.50 bits per heavy atom. The van der Waals surface area contributed by atoms with Gasteiger partial charge in [-0.25, -0.2) is 0 Å². The van der Waals surface area contributed by atoms with Gasteiger partial charge in [0.25, 0.3) is 0 Å². The molecule has 0 fully saturated rings. The van der Waals surface area contributed by atoms with Gasteiger partial charge in [-0.3, -0.25) is 4.84 Å². The first-order valence-corrected chi connectivity index (χ1v) is 1.36. The Hall–Kier alpha value is -1.04. The van der Waals surface area contributed by atoms with E-state index in [1.54, 1.807) is 6.92 Å². The molecule has 0 unspecified atom stereocenters. The zero-order chi connectivity index (χ0) is 4.83. The van der Waals surface area contributed by atoms with Crippen molar-refractivity contribution >= 4 is 0 Å².